The highest BCUT2D eigenvalue weighted by Gasteiger charge is 2.05. The zero-order valence-electron chi connectivity index (χ0n) is 6.44. The number of carboxylic acid groups (broad SMARTS) is 1. The lowest BCUT2D eigenvalue weighted by Crippen LogP contribution is -2.02. The smallest absolute Gasteiger partial charge is 0.354 e. The number of nitrogens with zero attached hydrogens (tertiary/aromatic N) is 1. The fourth-order valence-corrected chi connectivity index (χ4v) is 0.873. The van der Waals surface area contributed by atoms with Gasteiger partial charge in [-0.05, 0) is 19.1 Å². The normalized spacial score (nSPS) is 9.42. The standard InChI is InChI=1S/C8H7NO3/c1-5-2-6(4-10)3-7(9-5)8(11)12/h2-4H,1H3,(H,11,12). The summed E-state index contributed by atoms with van der Waals surface area (Å²) in [6, 6.07) is 2.77. The fourth-order valence-electron chi connectivity index (χ4n) is 0.873. The lowest BCUT2D eigenvalue weighted by Gasteiger charge is -1.97. The molecule has 0 amide bonds. The first kappa shape index (κ1) is 8.39. The third-order valence-electron chi connectivity index (χ3n) is 1.33. The molecule has 62 valence electrons. The minimum atomic E-state index is -1.12. The Bertz CT molecular complexity index is 333. The predicted octanol–water partition coefficient (Wildman–Crippen LogP) is 0.901. The molecule has 0 bridgehead atoms. The van der Waals surface area contributed by atoms with Crippen LogP contribution in [-0.4, -0.2) is 22.3 Å². The van der Waals surface area contributed by atoms with Crippen LogP contribution in [0.25, 0.3) is 0 Å². The summed E-state index contributed by atoms with van der Waals surface area (Å²) in [4.78, 5) is 24.5. The molecule has 0 spiro atoms. The maximum absolute atomic E-state index is 10.4. The van der Waals surface area contributed by atoms with Gasteiger partial charge in [-0.25, -0.2) is 9.78 Å². The molecule has 1 aromatic heterocycles. The van der Waals surface area contributed by atoms with E-state index < -0.39 is 5.97 Å². The molecule has 0 aromatic carbocycles. The Kier molecular flexibility index (Phi) is 2.19. The molecule has 0 aliphatic rings. The Balaban J connectivity index is 3.23. The quantitative estimate of drug-likeness (QED) is 0.661. The predicted molar refractivity (Wildman–Crippen MR) is 41.3 cm³/mol. The van der Waals surface area contributed by atoms with Crippen molar-refractivity contribution in [3.63, 3.8) is 0 Å². The van der Waals surface area contributed by atoms with Crippen molar-refractivity contribution in [1.82, 2.24) is 4.98 Å². The first-order valence-electron chi connectivity index (χ1n) is 3.30. The number of aryl methyl sites for hydroxylation is 1. The minimum absolute atomic E-state index is 0.0999. The topological polar surface area (TPSA) is 67.3 Å². The summed E-state index contributed by atoms with van der Waals surface area (Å²) in [6.45, 7) is 1.64. The van der Waals surface area contributed by atoms with Crippen molar-refractivity contribution >= 4 is 12.3 Å². The van der Waals surface area contributed by atoms with Gasteiger partial charge in [0.1, 0.15) is 12.0 Å². The van der Waals surface area contributed by atoms with Crippen LogP contribution in [0.4, 0.5) is 0 Å². The van der Waals surface area contributed by atoms with Gasteiger partial charge >= 0.3 is 5.97 Å². The van der Waals surface area contributed by atoms with Crippen molar-refractivity contribution in [3.8, 4) is 0 Å². The zero-order valence-corrected chi connectivity index (χ0v) is 6.44. The van der Waals surface area contributed by atoms with E-state index in [9.17, 15) is 9.59 Å². The lowest BCUT2D eigenvalue weighted by molar-refractivity contribution is 0.0690. The monoisotopic (exact) mass is 165 g/mol. The molecule has 0 saturated heterocycles. The second kappa shape index (κ2) is 3.13. The Labute approximate surface area is 68.9 Å². The molecule has 0 aliphatic carbocycles. The van der Waals surface area contributed by atoms with Gasteiger partial charge in [-0.2, -0.15) is 0 Å². The van der Waals surface area contributed by atoms with Gasteiger partial charge < -0.3 is 5.11 Å². The van der Waals surface area contributed by atoms with Gasteiger partial charge in [0.05, 0.1) is 0 Å². The second-order valence-corrected chi connectivity index (χ2v) is 2.35. The van der Waals surface area contributed by atoms with Gasteiger partial charge in [0.25, 0.3) is 0 Å². The van der Waals surface area contributed by atoms with Gasteiger partial charge in [0.2, 0.25) is 0 Å². The summed E-state index contributed by atoms with van der Waals surface area (Å²) in [6.07, 6.45) is 0.598. The minimum Gasteiger partial charge on any atom is -0.477 e. The summed E-state index contributed by atoms with van der Waals surface area (Å²) < 4.78 is 0. The molecule has 1 heterocycles. The summed E-state index contributed by atoms with van der Waals surface area (Å²) in [5.74, 6) is -1.12. The van der Waals surface area contributed by atoms with Crippen LogP contribution in [-0.2, 0) is 0 Å². The number of aldehydes is 1. The van der Waals surface area contributed by atoms with E-state index in [1.165, 1.54) is 12.1 Å². The first-order chi connectivity index (χ1) is 5.63. The number of carbonyl (C=O) groups is 2. The molecular weight excluding hydrogens is 158 g/mol. The van der Waals surface area contributed by atoms with Crippen LogP contribution in [0.1, 0.15) is 26.5 Å². The maximum Gasteiger partial charge on any atom is 0.354 e. The largest absolute Gasteiger partial charge is 0.477 e. The first-order valence-corrected chi connectivity index (χ1v) is 3.30. The van der Waals surface area contributed by atoms with Crippen LogP contribution in [0.2, 0.25) is 0 Å². The van der Waals surface area contributed by atoms with Crippen molar-refractivity contribution in [1.29, 1.82) is 0 Å². The summed E-state index contributed by atoms with van der Waals surface area (Å²) in [5, 5.41) is 8.55. The number of aromatic carboxylic acids is 1. The third kappa shape index (κ3) is 1.66. The van der Waals surface area contributed by atoms with E-state index in [4.69, 9.17) is 5.11 Å². The highest BCUT2D eigenvalue weighted by Crippen LogP contribution is 2.03. The van der Waals surface area contributed by atoms with E-state index in [0.717, 1.165) is 0 Å². The number of carbonyl (C=O) groups excluding carboxylic acids is 1. The highest BCUT2D eigenvalue weighted by atomic mass is 16.4. The Hall–Kier alpha value is -1.71. The van der Waals surface area contributed by atoms with E-state index in [2.05, 4.69) is 4.98 Å². The molecule has 0 atom stereocenters. The number of carboxylic acids is 1. The van der Waals surface area contributed by atoms with Gasteiger partial charge in [-0.3, -0.25) is 4.79 Å². The zero-order chi connectivity index (χ0) is 9.14. The molecule has 1 N–H and O–H groups in total. The SMILES string of the molecule is Cc1cc(C=O)cc(C(=O)O)n1. The molecule has 1 rings (SSSR count). The molecule has 0 unspecified atom stereocenters. The van der Waals surface area contributed by atoms with Gasteiger partial charge in [0.15, 0.2) is 0 Å². The maximum atomic E-state index is 10.4. The van der Waals surface area contributed by atoms with Crippen LogP contribution in [0.3, 0.4) is 0 Å². The van der Waals surface area contributed by atoms with Crippen LogP contribution in [0.15, 0.2) is 12.1 Å². The number of aromatic nitrogens is 1. The summed E-state index contributed by atoms with van der Waals surface area (Å²) in [7, 11) is 0. The molecule has 4 heteroatoms. The molecule has 12 heavy (non-hydrogen) atoms. The molecule has 4 nitrogen and oxygen atoms in total. The molecule has 0 fully saturated rings. The highest BCUT2D eigenvalue weighted by molar-refractivity contribution is 5.88. The van der Waals surface area contributed by atoms with Crippen molar-refractivity contribution in [2.75, 3.05) is 0 Å². The van der Waals surface area contributed by atoms with E-state index in [1.807, 2.05) is 0 Å². The molecule has 0 radical (unpaired) electrons. The Morgan fingerprint density at radius 1 is 1.58 bits per heavy atom. The van der Waals surface area contributed by atoms with Crippen LogP contribution < -0.4 is 0 Å². The average Bonchev–Trinajstić information content (AvgIpc) is 2.03. The molecule has 0 saturated carbocycles. The number of hydrogen-bond donors (Lipinski definition) is 1. The summed E-state index contributed by atoms with van der Waals surface area (Å²) in [5.41, 5.74) is 0.758. The average molecular weight is 165 g/mol. The fraction of sp³-hybridized carbons (Fsp3) is 0.125. The van der Waals surface area contributed by atoms with E-state index in [-0.39, 0.29) is 5.69 Å². The Morgan fingerprint density at radius 3 is 2.75 bits per heavy atom. The Morgan fingerprint density at radius 2 is 2.25 bits per heavy atom. The van der Waals surface area contributed by atoms with Crippen molar-refractivity contribution < 1.29 is 14.7 Å². The van der Waals surface area contributed by atoms with Crippen LogP contribution in [0, 0.1) is 6.92 Å². The lowest BCUT2D eigenvalue weighted by atomic mass is 10.2. The summed E-state index contributed by atoms with van der Waals surface area (Å²) >= 11 is 0. The van der Waals surface area contributed by atoms with Crippen LogP contribution >= 0.6 is 0 Å². The number of pyridine rings is 1. The van der Waals surface area contributed by atoms with Crippen molar-refractivity contribution in [2.45, 2.75) is 6.92 Å². The number of hydrogen-bond acceptors (Lipinski definition) is 3. The van der Waals surface area contributed by atoms with E-state index in [1.54, 1.807) is 6.92 Å². The molecular formula is C8H7NO3. The van der Waals surface area contributed by atoms with Gasteiger partial charge in [0, 0.05) is 11.3 Å². The number of rotatable bonds is 2. The van der Waals surface area contributed by atoms with Crippen LogP contribution in [0.5, 0.6) is 0 Å². The van der Waals surface area contributed by atoms with E-state index >= 15 is 0 Å². The molecule has 0 aliphatic heterocycles. The third-order valence-corrected chi connectivity index (χ3v) is 1.33. The van der Waals surface area contributed by atoms with Crippen molar-refractivity contribution in [2.24, 2.45) is 0 Å². The molecule has 1 aromatic rings. The van der Waals surface area contributed by atoms with Gasteiger partial charge in [-0.1, -0.05) is 0 Å². The van der Waals surface area contributed by atoms with Gasteiger partial charge in [-0.15, -0.1) is 0 Å². The second-order valence-electron chi connectivity index (χ2n) is 2.35. The van der Waals surface area contributed by atoms with E-state index in [0.29, 0.717) is 17.5 Å². The van der Waals surface area contributed by atoms with Crippen molar-refractivity contribution in [3.05, 3.63) is 29.1 Å².